The van der Waals surface area contributed by atoms with Gasteiger partial charge in [0.25, 0.3) is 0 Å². The SMILES string of the molecule is C=C(C)[C@@H]1CC=C(C)[C@H](OC)C1. The summed E-state index contributed by atoms with van der Waals surface area (Å²) in [5.41, 5.74) is 2.65. The molecule has 0 radical (unpaired) electrons. The van der Waals surface area contributed by atoms with Crippen LogP contribution < -0.4 is 0 Å². The monoisotopic (exact) mass is 166 g/mol. The molecule has 2 atom stereocenters. The van der Waals surface area contributed by atoms with E-state index >= 15 is 0 Å². The van der Waals surface area contributed by atoms with Crippen LogP contribution in [0, 0.1) is 5.92 Å². The van der Waals surface area contributed by atoms with Crippen LogP contribution in [0.15, 0.2) is 23.8 Å². The number of allylic oxidation sites excluding steroid dienone is 2. The molecule has 0 heterocycles. The van der Waals surface area contributed by atoms with E-state index < -0.39 is 0 Å². The second-order valence-electron chi connectivity index (χ2n) is 3.69. The van der Waals surface area contributed by atoms with Crippen LogP contribution >= 0.6 is 0 Å². The van der Waals surface area contributed by atoms with Crippen LogP contribution in [0.25, 0.3) is 0 Å². The number of hydrogen-bond acceptors (Lipinski definition) is 1. The van der Waals surface area contributed by atoms with Crippen molar-refractivity contribution in [2.75, 3.05) is 7.11 Å². The predicted octanol–water partition coefficient (Wildman–Crippen LogP) is 2.93. The highest BCUT2D eigenvalue weighted by Crippen LogP contribution is 2.29. The molecule has 0 bridgehead atoms. The average Bonchev–Trinajstić information content (AvgIpc) is 2.05. The minimum Gasteiger partial charge on any atom is -0.377 e. The minimum atomic E-state index is 0.320. The third kappa shape index (κ3) is 1.98. The van der Waals surface area contributed by atoms with Gasteiger partial charge in [0, 0.05) is 7.11 Å². The van der Waals surface area contributed by atoms with Crippen molar-refractivity contribution >= 4 is 0 Å². The fourth-order valence-electron chi connectivity index (χ4n) is 1.68. The Labute approximate surface area is 75.1 Å². The van der Waals surface area contributed by atoms with Gasteiger partial charge in [-0.15, -0.1) is 0 Å². The summed E-state index contributed by atoms with van der Waals surface area (Å²) < 4.78 is 5.37. The normalized spacial score (nSPS) is 29.8. The van der Waals surface area contributed by atoms with Gasteiger partial charge < -0.3 is 4.74 Å². The van der Waals surface area contributed by atoms with E-state index in [1.807, 2.05) is 0 Å². The summed E-state index contributed by atoms with van der Waals surface area (Å²) in [6, 6.07) is 0. The van der Waals surface area contributed by atoms with Crippen molar-refractivity contribution in [3.63, 3.8) is 0 Å². The Balaban J connectivity index is 2.64. The molecule has 1 heteroatoms. The molecule has 12 heavy (non-hydrogen) atoms. The third-order valence-electron chi connectivity index (χ3n) is 2.71. The lowest BCUT2D eigenvalue weighted by atomic mass is 9.84. The standard InChI is InChI=1S/C11H18O/c1-8(2)10-6-5-9(3)11(7-10)12-4/h5,10-11H,1,6-7H2,2-4H3/t10-,11-/m1/s1. The number of rotatable bonds is 2. The lowest BCUT2D eigenvalue weighted by Gasteiger charge is -2.27. The summed E-state index contributed by atoms with van der Waals surface area (Å²) in [5, 5.41) is 0. The van der Waals surface area contributed by atoms with Gasteiger partial charge in [0.1, 0.15) is 0 Å². The molecule has 0 amide bonds. The van der Waals surface area contributed by atoms with Crippen LogP contribution in [0.4, 0.5) is 0 Å². The Hall–Kier alpha value is -0.560. The van der Waals surface area contributed by atoms with Crippen LogP contribution in [0.1, 0.15) is 26.7 Å². The van der Waals surface area contributed by atoms with Crippen LogP contribution in [-0.2, 0) is 4.74 Å². The van der Waals surface area contributed by atoms with Crippen molar-refractivity contribution in [2.45, 2.75) is 32.8 Å². The molecule has 1 nitrogen and oxygen atoms in total. The average molecular weight is 166 g/mol. The smallest absolute Gasteiger partial charge is 0.0784 e. The Bertz CT molecular complexity index is 203. The van der Waals surface area contributed by atoms with E-state index in [4.69, 9.17) is 4.74 Å². The van der Waals surface area contributed by atoms with Gasteiger partial charge in [0.15, 0.2) is 0 Å². The zero-order chi connectivity index (χ0) is 9.14. The van der Waals surface area contributed by atoms with Crippen LogP contribution in [0.2, 0.25) is 0 Å². The number of ether oxygens (including phenoxy) is 1. The Morgan fingerprint density at radius 2 is 2.33 bits per heavy atom. The third-order valence-corrected chi connectivity index (χ3v) is 2.71. The molecule has 0 spiro atoms. The van der Waals surface area contributed by atoms with E-state index in [0.717, 1.165) is 12.8 Å². The van der Waals surface area contributed by atoms with Gasteiger partial charge in [-0.3, -0.25) is 0 Å². The van der Waals surface area contributed by atoms with Gasteiger partial charge in [0.2, 0.25) is 0 Å². The van der Waals surface area contributed by atoms with Crippen molar-refractivity contribution in [3.8, 4) is 0 Å². The molecule has 0 N–H and O–H groups in total. The highest BCUT2D eigenvalue weighted by Gasteiger charge is 2.21. The van der Waals surface area contributed by atoms with Crippen molar-refractivity contribution in [1.29, 1.82) is 0 Å². The maximum absolute atomic E-state index is 5.37. The van der Waals surface area contributed by atoms with Gasteiger partial charge >= 0.3 is 0 Å². The molecule has 0 aromatic rings. The molecule has 0 saturated carbocycles. The maximum atomic E-state index is 5.37. The van der Waals surface area contributed by atoms with Crippen LogP contribution in [-0.4, -0.2) is 13.2 Å². The molecule has 0 unspecified atom stereocenters. The lowest BCUT2D eigenvalue weighted by Crippen LogP contribution is -2.21. The molecule has 68 valence electrons. The largest absolute Gasteiger partial charge is 0.377 e. The number of hydrogen-bond donors (Lipinski definition) is 0. The Morgan fingerprint density at radius 1 is 1.67 bits per heavy atom. The van der Waals surface area contributed by atoms with Gasteiger partial charge in [0.05, 0.1) is 6.10 Å². The van der Waals surface area contributed by atoms with Gasteiger partial charge in [-0.2, -0.15) is 0 Å². The highest BCUT2D eigenvalue weighted by atomic mass is 16.5. The molecule has 0 aromatic heterocycles. The van der Waals surface area contributed by atoms with E-state index in [1.165, 1.54) is 11.1 Å². The topological polar surface area (TPSA) is 9.23 Å². The molecular weight excluding hydrogens is 148 g/mol. The second kappa shape index (κ2) is 3.90. The Kier molecular flexibility index (Phi) is 3.10. The first-order chi connectivity index (χ1) is 5.65. The molecule has 0 aromatic carbocycles. The van der Waals surface area contributed by atoms with Crippen LogP contribution in [0.5, 0.6) is 0 Å². The zero-order valence-electron chi connectivity index (χ0n) is 8.26. The summed E-state index contributed by atoms with van der Waals surface area (Å²) in [5.74, 6) is 0.624. The molecular formula is C11H18O. The van der Waals surface area contributed by atoms with Crippen molar-refractivity contribution < 1.29 is 4.74 Å². The maximum Gasteiger partial charge on any atom is 0.0784 e. The van der Waals surface area contributed by atoms with Crippen molar-refractivity contribution in [3.05, 3.63) is 23.8 Å². The van der Waals surface area contributed by atoms with Crippen LogP contribution in [0.3, 0.4) is 0 Å². The fraction of sp³-hybridized carbons (Fsp3) is 0.636. The summed E-state index contributed by atoms with van der Waals surface area (Å²) >= 11 is 0. The first-order valence-corrected chi connectivity index (χ1v) is 4.50. The molecule has 1 aliphatic rings. The predicted molar refractivity (Wildman–Crippen MR) is 52.1 cm³/mol. The molecule has 1 aliphatic carbocycles. The molecule has 0 fully saturated rings. The molecule has 1 rings (SSSR count). The summed E-state index contributed by atoms with van der Waals surface area (Å²) in [7, 11) is 1.78. The summed E-state index contributed by atoms with van der Waals surface area (Å²) in [4.78, 5) is 0. The summed E-state index contributed by atoms with van der Waals surface area (Å²) in [6.45, 7) is 8.23. The van der Waals surface area contributed by atoms with E-state index in [1.54, 1.807) is 7.11 Å². The van der Waals surface area contributed by atoms with Gasteiger partial charge in [-0.25, -0.2) is 0 Å². The Morgan fingerprint density at radius 3 is 2.83 bits per heavy atom. The second-order valence-corrected chi connectivity index (χ2v) is 3.69. The van der Waals surface area contributed by atoms with Crippen molar-refractivity contribution in [1.82, 2.24) is 0 Å². The van der Waals surface area contributed by atoms with E-state index in [2.05, 4.69) is 26.5 Å². The molecule has 0 aliphatic heterocycles. The fourth-order valence-corrected chi connectivity index (χ4v) is 1.68. The van der Waals surface area contributed by atoms with E-state index in [-0.39, 0.29) is 0 Å². The van der Waals surface area contributed by atoms with Gasteiger partial charge in [-0.05, 0) is 38.2 Å². The van der Waals surface area contributed by atoms with E-state index in [9.17, 15) is 0 Å². The highest BCUT2D eigenvalue weighted by molar-refractivity contribution is 5.14. The minimum absolute atomic E-state index is 0.320. The first kappa shape index (κ1) is 9.53. The van der Waals surface area contributed by atoms with Crippen molar-refractivity contribution in [2.24, 2.45) is 5.92 Å². The first-order valence-electron chi connectivity index (χ1n) is 4.50. The lowest BCUT2D eigenvalue weighted by molar-refractivity contribution is 0.107. The number of methoxy groups -OCH3 is 1. The van der Waals surface area contributed by atoms with Gasteiger partial charge in [-0.1, -0.05) is 18.2 Å². The summed E-state index contributed by atoms with van der Waals surface area (Å²) in [6.07, 6.45) is 4.84. The zero-order valence-corrected chi connectivity index (χ0v) is 8.26. The quantitative estimate of drug-likeness (QED) is 0.573. The molecule has 0 saturated heterocycles. The van der Waals surface area contributed by atoms with E-state index in [0.29, 0.717) is 12.0 Å².